The molecule has 0 aliphatic rings. The van der Waals surface area contributed by atoms with Crippen LogP contribution < -0.4 is 5.32 Å². The second kappa shape index (κ2) is 6.62. The van der Waals surface area contributed by atoms with Crippen molar-refractivity contribution < 1.29 is 4.79 Å². The van der Waals surface area contributed by atoms with E-state index >= 15 is 0 Å². The third-order valence-electron chi connectivity index (χ3n) is 4.48. The van der Waals surface area contributed by atoms with E-state index in [1.165, 1.54) is 16.9 Å². The van der Waals surface area contributed by atoms with Gasteiger partial charge in [0.2, 0.25) is 0 Å². The molecule has 0 radical (unpaired) electrons. The Balaban J connectivity index is 1.67. The number of benzene rings is 1. The van der Waals surface area contributed by atoms with Crippen LogP contribution in [0.15, 0.2) is 29.6 Å². The van der Waals surface area contributed by atoms with E-state index in [4.69, 9.17) is 0 Å². The van der Waals surface area contributed by atoms with E-state index in [0.29, 0.717) is 22.1 Å². The molecular weight excluding hydrogens is 366 g/mol. The summed E-state index contributed by atoms with van der Waals surface area (Å²) in [5.74, 6) is -0.201. The van der Waals surface area contributed by atoms with Gasteiger partial charge in [0.1, 0.15) is 4.88 Å². The average Bonchev–Trinajstić information content (AvgIpc) is 3.35. The second-order valence-electron chi connectivity index (χ2n) is 5.93. The molecule has 0 saturated carbocycles. The van der Waals surface area contributed by atoms with Crippen LogP contribution in [0.5, 0.6) is 0 Å². The molecule has 132 valence electrons. The fraction of sp³-hybridized carbons (Fsp3) is 0.222. The number of carbonyl (C=O) groups is 1. The van der Waals surface area contributed by atoms with Crippen LogP contribution in [0.25, 0.3) is 22.2 Å². The minimum Gasteiger partial charge on any atom is -0.347 e. The van der Waals surface area contributed by atoms with E-state index < -0.39 is 0 Å². The van der Waals surface area contributed by atoms with Crippen LogP contribution in [0.1, 0.15) is 28.0 Å². The van der Waals surface area contributed by atoms with Gasteiger partial charge >= 0.3 is 0 Å². The van der Waals surface area contributed by atoms with Gasteiger partial charge < -0.3 is 4.57 Å². The molecule has 1 amide bonds. The predicted octanol–water partition coefficient (Wildman–Crippen LogP) is 4.28. The monoisotopic (exact) mass is 383 g/mol. The quantitative estimate of drug-likeness (QED) is 0.571. The molecule has 0 unspecified atom stereocenters. The lowest BCUT2D eigenvalue weighted by Crippen LogP contribution is -2.12. The number of aryl methyl sites for hydroxylation is 2. The molecule has 26 heavy (non-hydrogen) atoms. The zero-order valence-corrected chi connectivity index (χ0v) is 16.2. The topological polar surface area (TPSA) is 72.7 Å². The molecule has 0 atom stereocenters. The van der Waals surface area contributed by atoms with Gasteiger partial charge in [-0.2, -0.15) is 0 Å². The summed E-state index contributed by atoms with van der Waals surface area (Å²) in [4.78, 5) is 17.7. The lowest BCUT2D eigenvalue weighted by atomic mass is 10.1. The number of nitrogens with one attached hydrogen (secondary N) is 1. The van der Waals surface area contributed by atoms with E-state index in [0.717, 1.165) is 33.9 Å². The summed E-state index contributed by atoms with van der Waals surface area (Å²) < 4.78 is 6.03. The molecular formula is C18H17N5OS2. The predicted molar refractivity (Wildman–Crippen MR) is 106 cm³/mol. The molecule has 0 bridgehead atoms. The summed E-state index contributed by atoms with van der Waals surface area (Å²) in [7, 11) is 2.05. The van der Waals surface area contributed by atoms with Crippen molar-refractivity contribution in [2.45, 2.75) is 20.3 Å². The van der Waals surface area contributed by atoms with Crippen LogP contribution in [0.3, 0.4) is 0 Å². The first-order valence-corrected chi connectivity index (χ1v) is 9.88. The highest BCUT2D eigenvalue weighted by Gasteiger charge is 2.19. The van der Waals surface area contributed by atoms with E-state index in [2.05, 4.69) is 50.6 Å². The smallest absolute Gasteiger partial charge is 0.271 e. The fourth-order valence-corrected chi connectivity index (χ4v) is 4.40. The molecule has 0 spiro atoms. The lowest BCUT2D eigenvalue weighted by molar-refractivity contribution is 0.102. The van der Waals surface area contributed by atoms with Crippen LogP contribution in [0.4, 0.5) is 5.13 Å². The summed E-state index contributed by atoms with van der Waals surface area (Å²) in [6.07, 6.45) is 0.678. The van der Waals surface area contributed by atoms with Crippen molar-refractivity contribution in [2.24, 2.45) is 7.05 Å². The third-order valence-corrected chi connectivity index (χ3v) is 6.00. The summed E-state index contributed by atoms with van der Waals surface area (Å²) >= 11 is 2.53. The number of aromatic nitrogens is 4. The first-order chi connectivity index (χ1) is 12.6. The molecule has 0 aliphatic carbocycles. The number of thiazole rings is 1. The van der Waals surface area contributed by atoms with Crippen molar-refractivity contribution in [1.82, 2.24) is 19.1 Å². The van der Waals surface area contributed by atoms with Crippen LogP contribution >= 0.6 is 22.9 Å². The average molecular weight is 384 g/mol. The molecule has 8 heteroatoms. The summed E-state index contributed by atoms with van der Waals surface area (Å²) in [5, 5.41) is 10.6. The number of para-hydroxylation sites is 1. The highest BCUT2D eigenvalue weighted by Crippen LogP contribution is 2.35. The van der Waals surface area contributed by atoms with Gasteiger partial charge in [-0.05, 0) is 30.9 Å². The summed E-state index contributed by atoms with van der Waals surface area (Å²) in [5.41, 5.74) is 5.01. The Morgan fingerprint density at radius 3 is 2.92 bits per heavy atom. The molecule has 1 N–H and O–H groups in total. The molecule has 4 rings (SSSR count). The lowest BCUT2D eigenvalue weighted by Gasteiger charge is -2.00. The van der Waals surface area contributed by atoms with Crippen molar-refractivity contribution >= 4 is 44.8 Å². The van der Waals surface area contributed by atoms with Gasteiger partial charge in [-0.15, -0.1) is 16.4 Å². The highest BCUT2D eigenvalue weighted by atomic mass is 32.1. The number of hydrogen-bond donors (Lipinski definition) is 1. The summed E-state index contributed by atoms with van der Waals surface area (Å²) in [6, 6.07) is 8.27. The normalized spacial score (nSPS) is 11.2. The minimum absolute atomic E-state index is 0.201. The molecule has 4 aromatic rings. The van der Waals surface area contributed by atoms with Gasteiger partial charge in [-0.25, -0.2) is 4.98 Å². The zero-order chi connectivity index (χ0) is 18.3. The zero-order valence-electron chi connectivity index (χ0n) is 14.6. The molecule has 3 aromatic heterocycles. The Bertz CT molecular complexity index is 1110. The number of hydrogen-bond acceptors (Lipinski definition) is 6. The molecule has 0 saturated heterocycles. The van der Waals surface area contributed by atoms with E-state index in [1.807, 2.05) is 24.4 Å². The molecule has 1 aromatic carbocycles. The standard InChI is InChI=1S/C18H17N5OS2/c1-4-12-16(26-22-21-12)17(24)20-18-19-13(9-25-18)15-10(2)23(3)14-8-6-5-7-11(14)15/h5-9H,4H2,1-3H3,(H,19,20,24). The first kappa shape index (κ1) is 16.9. The summed E-state index contributed by atoms with van der Waals surface area (Å²) in [6.45, 7) is 4.04. The number of anilines is 1. The molecule has 0 aliphatic heterocycles. The Labute approximate surface area is 158 Å². The number of carbonyl (C=O) groups excluding carboxylic acids is 1. The SMILES string of the molecule is CCc1nnsc1C(=O)Nc1nc(-c2c(C)n(C)c3ccccc23)cs1. The number of amides is 1. The van der Waals surface area contributed by atoms with E-state index in [-0.39, 0.29) is 5.91 Å². The Kier molecular flexibility index (Phi) is 4.29. The first-order valence-electron chi connectivity index (χ1n) is 8.22. The van der Waals surface area contributed by atoms with Crippen LogP contribution in [-0.4, -0.2) is 25.0 Å². The number of rotatable bonds is 4. The third kappa shape index (κ3) is 2.71. The number of nitrogens with zero attached hydrogens (tertiary/aromatic N) is 4. The molecule has 0 fully saturated rings. The van der Waals surface area contributed by atoms with Gasteiger partial charge in [0, 0.05) is 34.6 Å². The highest BCUT2D eigenvalue weighted by molar-refractivity contribution is 7.14. The van der Waals surface area contributed by atoms with Crippen molar-refractivity contribution in [2.75, 3.05) is 5.32 Å². The largest absolute Gasteiger partial charge is 0.347 e. The second-order valence-corrected chi connectivity index (χ2v) is 7.54. The number of fused-ring (bicyclic) bond motifs is 1. The maximum Gasteiger partial charge on any atom is 0.271 e. The van der Waals surface area contributed by atoms with Crippen molar-refractivity contribution in [3.63, 3.8) is 0 Å². The maximum atomic E-state index is 12.5. The van der Waals surface area contributed by atoms with Crippen LogP contribution in [0, 0.1) is 6.92 Å². The Morgan fingerprint density at radius 2 is 2.12 bits per heavy atom. The van der Waals surface area contributed by atoms with Gasteiger partial charge in [-0.1, -0.05) is 29.6 Å². The van der Waals surface area contributed by atoms with Gasteiger partial charge in [0.15, 0.2) is 5.13 Å². The van der Waals surface area contributed by atoms with Crippen molar-refractivity contribution in [1.29, 1.82) is 0 Å². The maximum absolute atomic E-state index is 12.5. The minimum atomic E-state index is -0.201. The van der Waals surface area contributed by atoms with Crippen molar-refractivity contribution in [3.8, 4) is 11.3 Å². The van der Waals surface area contributed by atoms with Gasteiger partial charge in [-0.3, -0.25) is 10.1 Å². The fourth-order valence-electron chi connectivity index (χ4n) is 3.06. The Morgan fingerprint density at radius 1 is 1.31 bits per heavy atom. The van der Waals surface area contributed by atoms with Gasteiger partial charge in [0.25, 0.3) is 5.91 Å². The van der Waals surface area contributed by atoms with Crippen LogP contribution in [0.2, 0.25) is 0 Å². The van der Waals surface area contributed by atoms with E-state index in [1.54, 1.807) is 0 Å². The van der Waals surface area contributed by atoms with Gasteiger partial charge in [0.05, 0.1) is 11.4 Å². The van der Waals surface area contributed by atoms with Crippen molar-refractivity contribution in [3.05, 3.63) is 45.9 Å². The van der Waals surface area contributed by atoms with E-state index in [9.17, 15) is 4.79 Å². The Hall–Kier alpha value is -2.58. The molecule has 6 nitrogen and oxygen atoms in total. The molecule has 3 heterocycles. The van der Waals surface area contributed by atoms with Crippen LogP contribution in [-0.2, 0) is 13.5 Å².